The van der Waals surface area contributed by atoms with Crippen LogP contribution in [0.25, 0.3) is 10.9 Å². The van der Waals surface area contributed by atoms with Crippen LogP contribution in [0.3, 0.4) is 0 Å². The maximum atomic E-state index is 11.8. The van der Waals surface area contributed by atoms with E-state index < -0.39 is 11.8 Å². The highest BCUT2D eigenvalue weighted by Gasteiger charge is 2.20. The van der Waals surface area contributed by atoms with Gasteiger partial charge in [-0.2, -0.15) is 0 Å². The normalized spacial score (nSPS) is 10.3. The Morgan fingerprint density at radius 3 is 2.78 bits per heavy atom. The van der Waals surface area contributed by atoms with E-state index in [9.17, 15) is 9.59 Å². The molecule has 18 heavy (non-hydrogen) atoms. The summed E-state index contributed by atoms with van der Waals surface area (Å²) < 4.78 is 9.79. The number of aromatic nitrogens is 1. The van der Waals surface area contributed by atoms with Crippen LogP contribution < -0.4 is 4.74 Å². The minimum Gasteiger partial charge on any atom is -0.494 e. The van der Waals surface area contributed by atoms with Crippen LogP contribution in [0.2, 0.25) is 0 Å². The molecule has 5 heteroatoms. The van der Waals surface area contributed by atoms with Gasteiger partial charge in [0.25, 0.3) is 5.78 Å². The minimum atomic E-state index is -0.877. The number of methoxy groups -OCH3 is 1. The predicted molar refractivity (Wildman–Crippen MR) is 65.8 cm³/mol. The monoisotopic (exact) mass is 247 g/mol. The minimum absolute atomic E-state index is 0.290. The van der Waals surface area contributed by atoms with E-state index in [1.165, 1.54) is 13.3 Å². The van der Waals surface area contributed by atoms with Gasteiger partial charge in [0.1, 0.15) is 5.75 Å². The molecule has 0 fully saturated rings. The van der Waals surface area contributed by atoms with Crippen molar-refractivity contribution in [3.63, 3.8) is 0 Å². The number of H-pyrrole nitrogens is 1. The van der Waals surface area contributed by atoms with Gasteiger partial charge in [0, 0.05) is 17.1 Å². The number of benzene rings is 1. The number of hydrogen-bond donors (Lipinski definition) is 1. The van der Waals surface area contributed by atoms with Gasteiger partial charge in [-0.1, -0.05) is 0 Å². The topological polar surface area (TPSA) is 68.4 Å². The summed E-state index contributed by atoms with van der Waals surface area (Å²) in [5.41, 5.74) is 1.06. The third-order valence-corrected chi connectivity index (χ3v) is 2.58. The van der Waals surface area contributed by atoms with E-state index in [0.717, 1.165) is 5.52 Å². The van der Waals surface area contributed by atoms with Crippen LogP contribution in [0.15, 0.2) is 24.4 Å². The summed E-state index contributed by atoms with van der Waals surface area (Å²) >= 11 is 0. The van der Waals surface area contributed by atoms with E-state index in [0.29, 0.717) is 23.3 Å². The fraction of sp³-hybridized carbons (Fsp3) is 0.231. The summed E-state index contributed by atoms with van der Waals surface area (Å²) in [6.45, 7) is 2.41. The van der Waals surface area contributed by atoms with Crippen LogP contribution in [-0.4, -0.2) is 30.5 Å². The molecular weight excluding hydrogens is 234 g/mol. The smallest absolute Gasteiger partial charge is 0.379 e. The second-order valence-corrected chi connectivity index (χ2v) is 3.66. The summed E-state index contributed by atoms with van der Waals surface area (Å²) in [4.78, 5) is 26.0. The summed E-state index contributed by atoms with van der Waals surface area (Å²) in [5, 5.41) is 0.649. The van der Waals surface area contributed by atoms with Gasteiger partial charge < -0.3 is 14.5 Å². The van der Waals surface area contributed by atoms with E-state index in [2.05, 4.69) is 9.72 Å². The van der Waals surface area contributed by atoms with Gasteiger partial charge in [0.05, 0.1) is 19.3 Å². The van der Waals surface area contributed by atoms with Gasteiger partial charge in [0.15, 0.2) is 0 Å². The number of rotatable bonds is 4. The molecule has 0 unspecified atom stereocenters. The van der Waals surface area contributed by atoms with Crippen molar-refractivity contribution in [3.8, 4) is 5.75 Å². The Balaban J connectivity index is 2.48. The largest absolute Gasteiger partial charge is 0.494 e. The number of Topliss-reactive ketones (excluding diaryl/α,β-unsaturated/α-hetero) is 1. The Morgan fingerprint density at radius 2 is 2.11 bits per heavy atom. The van der Waals surface area contributed by atoms with E-state index in [4.69, 9.17) is 4.74 Å². The molecule has 1 N–H and O–H groups in total. The first-order valence-electron chi connectivity index (χ1n) is 5.54. The maximum absolute atomic E-state index is 11.8. The highest BCUT2D eigenvalue weighted by molar-refractivity contribution is 6.42. The van der Waals surface area contributed by atoms with Gasteiger partial charge >= 0.3 is 5.97 Å². The number of nitrogens with one attached hydrogen (secondary N) is 1. The molecule has 0 aliphatic heterocycles. The summed E-state index contributed by atoms with van der Waals surface area (Å²) in [6.07, 6.45) is 1.50. The molecule has 0 saturated heterocycles. The van der Waals surface area contributed by atoms with Crippen molar-refractivity contribution in [3.05, 3.63) is 30.0 Å². The van der Waals surface area contributed by atoms with Crippen LogP contribution in [-0.2, 0) is 9.53 Å². The molecule has 2 aromatic rings. The summed E-state index contributed by atoms with van der Waals surface area (Å²) in [6, 6.07) is 5.33. The van der Waals surface area contributed by atoms with E-state index >= 15 is 0 Å². The highest BCUT2D eigenvalue weighted by atomic mass is 16.5. The van der Waals surface area contributed by atoms with Gasteiger partial charge in [0.2, 0.25) is 0 Å². The second kappa shape index (κ2) is 4.91. The van der Waals surface area contributed by atoms with Crippen LogP contribution in [0.4, 0.5) is 0 Å². The zero-order valence-corrected chi connectivity index (χ0v) is 10.1. The van der Waals surface area contributed by atoms with Crippen molar-refractivity contribution in [2.45, 2.75) is 6.92 Å². The lowest BCUT2D eigenvalue weighted by Crippen LogP contribution is -2.15. The zero-order valence-electron chi connectivity index (χ0n) is 10.1. The molecule has 1 aromatic heterocycles. The Hall–Kier alpha value is -2.30. The van der Waals surface area contributed by atoms with Crippen LogP contribution in [0.5, 0.6) is 5.75 Å². The van der Waals surface area contributed by atoms with E-state index in [1.807, 2.05) is 6.92 Å². The van der Waals surface area contributed by atoms with Crippen LogP contribution in [0.1, 0.15) is 17.3 Å². The average Bonchev–Trinajstić information content (AvgIpc) is 2.80. The average molecular weight is 247 g/mol. The fourth-order valence-corrected chi connectivity index (χ4v) is 1.75. The number of hydrogen-bond acceptors (Lipinski definition) is 4. The number of ether oxygens (including phenoxy) is 2. The van der Waals surface area contributed by atoms with Crippen molar-refractivity contribution in [1.29, 1.82) is 0 Å². The highest BCUT2D eigenvalue weighted by Crippen LogP contribution is 2.24. The molecule has 0 spiro atoms. The van der Waals surface area contributed by atoms with Crippen molar-refractivity contribution < 1.29 is 19.1 Å². The third kappa shape index (κ3) is 2.07. The number of carbonyl (C=O) groups is 2. The molecule has 0 aliphatic carbocycles. The molecule has 0 atom stereocenters. The molecule has 0 aliphatic rings. The standard InChI is InChI=1S/C13H13NO4/c1-3-18-8-4-5-11-9(6-8)10(7-14-11)12(15)13(16)17-2/h4-7,14H,3H2,1-2H3. The lowest BCUT2D eigenvalue weighted by Gasteiger charge is -2.03. The first-order valence-corrected chi connectivity index (χ1v) is 5.54. The first kappa shape index (κ1) is 12.2. The van der Waals surface area contributed by atoms with Gasteiger partial charge in [-0.25, -0.2) is 4.79 Å². The number of ketones is 1. The Kier molecular flexibility index (Phi) is 3.32. The SMILES string of the molecule is CCOc1ccc2[nH]cc(C(=O)C(=O)OC)c2c1. The predicted octanol–water partition coefficient (Wildman–Crippen LogP) is 1.92. The number of esters is 1. The summed E-state index contributed by atoms with van der Waals surface area (Å²) in [7, 11) is 1.18. The maximum Gasteiger partial charge on any atom is 0.379 e. The van der Waals surface area contributed by atoms with E-state index in [-0.39, 0.29) is 0 Å². The molecular formula is C13H13NO4. The Bertz CT molecular complexity index is 600. The zero-order chi connectivity index (χ0) is 13.1. The quantitative estimate of drug-likeness (QED) is 0.509. The number of carbonyl (C=O) groups excluding carboxylic acids is 2. The van der Waals surface area contributed by atoms with Crippen LogP contribution >= 0.6 is 0 Å². The molecule has 2 rings (SSSR count). The second-order valence-electron chi connectivity index (χ2n) is 3.66. The molecule has 5 nitrogen and oxygen atoms in total. The molecule has 0 radical (unpaired) electrons. The van der Waals surface area contributed by atoms with Crippen molar-refractivity contribution in [2.24, 2.45) is 0 Å². The molecule has 0 saturated carbocycles. The van der Waals surface area contributed by atoms with Crippen molar-refractivity contribution in [1.82, 2.24) is 4.98 Å². The summed E-state index contributed by atoms with van der Waals surface area (Å²) in [5.74, 6) is -0.890. The fourth-order valence-electron chi connectivity index (χ4n) is 1.75. The lowest BCUT2D eigenvalue weighted by atomic mass is 10.1. The Labute approximate surface area is 104 Å². The third-order valence-electron chi connectivity index (χ3n) is 2.58. The molecule has 1 heterocycles. The van der Waals surface area contributed by atoms with Crippen molar-refractivity contribution in [2.75, 3.05) is 13.7 Å². The molecule has 1 aromatic carbocycles. The van der Waals surface area contributed by atoms with Gasteiger partial charge in [-0.15, -0.1) is 0 Å². The van der Waals surface area contributed by atoms with E-state index in [1.54, 1.807) is 18.2 Å². The molecule has 94 valence electrons. The molecule has 0 bridgehead atoms. The van der Waals surface area contributed by atoms with Crippen molar-refractivity contribution >= 4 is 22.7 Å². The van der Waals surface area contributed by atoms with Gasteiger partial charge in [-0.3, -0.25) is 4.79 Å². The first-order chi connectivity index (χ1) is 8.67. The number of fused-ring (bicyclic) bond motifs is 1. The number of aromatic amines is 1. The Morgan fingerprint density at radius 1 is 1.33 bits per heavy atom. The van der Waals surface area contributed by atoms with Crippen LogP contribution in [0, 0.1) is 0 Å². The van der Waals surface area contributed by atoms with Gasteiger partial charge in [-0.05, 0) is 25.1 Å². The lowest BCUT2D eigenvalue weighted by molar-refractivity contribution is -0.135. The molecule has 0 amide bonds.